The fraction of sp³-hybridized carbons (Fsp3) is 0.919. The lowest BCUT2D eigenvalue weighted by Gasteiger charge is -2.20. The van der Waals surface area contributed by atoms with Crippen LogP contribution < -0.4 is 5.32 Å². The topological polar surface area (TPSA) is 95.9 Å². The molecular formula is C74H143NO5. The second-order valence-corrected chi connectivity index (χ2v) is 25.3. The van der Waals surface area contributed by atoms with Gasteiger partial charge in [-0.3, -0.25) is 9.59 Å². The van der Waals surface area contributed by atoms with E-state index in [0.29, 0.717) is 19.4 Å². The number of esters is 1. The number of hydrogen-bond donors (Lipinski definition) is 3. The summed E-state index contributed by atoms with van der Waals surface area (Å²) in [6, 6.07) is -0.623. The zero-order valence-electron chi connectivity index (χ0n) is 54.3. The minimum atomic E-state index is -0.840. The average Bonchev–Trinajstić information content (AvgIpc) is 3.46. The molecule has 474 valence electrons. The van der Waals surface area contributed by atoms with Gasteiger partial charge in [0.25, 0.3) is 0 Å². The van der Waals surface area contributed by atoms with Gasteiger partial charge in [-0.25, -0.2) is 0 Å². The molecule has 6 nitrogen and oxygen atoms in total. The van der Waals surface area contributed by atoms with Crippen LogP contribution in [0.15, 0.2) is 24.3 Å². The Kier molecular flexibility index (Phi) is 68.4. The Balaban J connectivity index is 3.31. The van der Waals surface area contributed by atoms with Gasteiger partial charge in [-0.1, -0.05) is 366 Å². The molecule has 0 bridgehead atoms. The fourth-order valence-corrected chi connectivity index (χ4v) is 11.6. The summed E-state index contributed by atoms with van der Waals surface area (Å²) in [6.07, 6.45) is 88.5. The first-order chi connectivity index (χ1) is 39.5. The number of amides is 1. The van der Waals surface area contributed by atoms with Crippen molar-refractivity contribution in [2.75, 3.05) is 13.2 Å². The summed E-state index contributed by atoms with van der Waals surface area (Å²) in [4.78, 5) is 24.6. The second kappa shape index (κ2) is 69.8. The summed E-state index contributed by atoms with van der Waals surface area (Å²) in [5.41, 5.74) is 0. The molecule has 0 fully saturated rings. The molecule has 6 heteroatoms. The molecule has 0 aromatic heterocycles. The molecule has 0 rings (SSSR count). The van der Waals surface area contributed by atoms with Gasteiger partial charge in [0.05, 0.1) is 25.4 Å². The van der Waals surface area contributed by atoms with Gasteiger partial charge in [-0.05, 0) is 57.8 Å². The average molecular weight is 1130 g/mol. The first-order valence-corrected chi connectivity index (χ1v) is 36.6. The number of aliphatic hydroxyl groups excluding tert-OH is 2. The van der Waals surface area contributed by atoms with Crippen molar-refractivity contribution in [3.05, 3.63) is 24.3 Å². The smallest absolute Gasteiger partial charge is 0.305 e. The Labute approximate surface area is 501 Å². The molecule has 80 heavy (non-hydrogen) atoms. The minimum Gasteiger partial charge on any atom is -0.466 e. The molecule has 0 aliphatic rings. The summed E-state index contributed by atoms with van der Waals surface area (Å²) in [5, 5.41) is 23.1. The van der Waals surface area contributed by atoms with E-state index in [1.165, 1.54) is 340 Å². The van der Waals surface area contributed by atoms with Gasteiger partial charge >= 0.3 is 5.97 Å². The lowest BCUT2D eigenvalue weighted by Crippen LogP contribution is -2.45. The van der Waals surface area contributed by atoms with Crippen molar-refractivity contribution in [1.82, 2.24) is 5.32 Å². The Hall–Kier alpha value is -1.66. The second-order valence-electron chi connectivity index (χ2n) is 25.3. The zero-order valence-corrected chi connectivity index (χ0v) is 54.3. The van der Waals surface area contributed by atoms with Crippen molar-refractivity contribution in [2.24, 2.45) is 0 Å². The fourth-order valence-electron chi connectivity index (χ4n) is 11.6. The normalized spacial score (nSPS) is 12.6. The summed E-state index contributed by atoms with van der Waals surface area (Å²) in [5.74, 6) is -0.0429. The van der Waals surface area contributed by atoms with Gasteiger partial charge < -0.3 is 20.3 Å². The van der Waals surface area contributed by atoms with E-state index in [2.05, 4.69) is 31.3 Å². The molecule has 0 aliphatic heterocycles. The van der Waals surface area contributed by atoms with Gasteiger partial charge in [-0.15, -0.1) is 0 Å². The molecule has 0 saturated carbocycles. The number of hydrogen-bond acceptors (Lipinski definition) is 5. The maximum Gasteiger partial charge on any atom is 0.305 e. The highest BCUT2D eigenvalue weighted by Crippen LogP contribution is 2.19. The number of nitrogens with one attached hydrogen (secondary N) is 1. The van der Waals surface area contributed by atoms with Crippen molar-refractivity contribution < 1.29 is 24.5 Å². The predicted octanol–water partition coefficient (Wildman–Crippen LogP) is 23.7. The Bertz CT molecular complexity index is 1250. The third kappa shape index (κ3) is 65.5. The summed E-state index contributed by atoms with van der Waals surface area (Å²) < 4.78 is 5.51. The number of carbonyl (C=O) groups excluding carboxylic acids is 2. The molecule has 0 heterocycles. The Morgan fingerprint density at radius 3 is 0.887 bits per heavy atom. The molecule has 0 aromatic carbocycles. The van der Waals surface area contributed by atoms with Crippen LogP contribution in [-0.4, -0.2) is 47.4 Å². The molecule has 0 aromatic rings. The van der Waals surface area contributed by atoms with E-state index in [4.69, 9.17) is 4.74 Å². The Morgan fingerprint density at radius 1 is 0.338 bits per heavy atom. The van der Waals surface area contributed by atoms with E-state index >= 15 is 0 Å². The minimum absolute atomic E-state index is 0.0187. The van der Waals surface area contributed by atoms with Crippen LogP contribution in [0.4, 0.5) is 0 Å². The molecule has 2 atom stereocenters. The summed E-state index contributed by atoms with van der Waals surface area (Å²) in [7, 11) is 0. The van der Waals surface area contributed by atoms with Crippen molar-refractivity contribution in [2.45, 2.75) is 424 Å². The number of allylic oxidation sites excluding steroid dienone is 3. The monoisotopic (exact) mass is 1130 g/mol. The number of ether oxygens (including phenoxy) is 1. The molecule has 0 aliphatic carbocycles. The van der Waals surface area contributed by atoms with Crippen molar-refractivity contribution in [1.29, 1.82) is 0 Å². The molecule has 2 unspecified atom stereocenters. The maximum atomic E-state index is 12.5. The first-order valence-electron chi connectivity index (χ1n) is 36.6. The van der Waals surface area contributed by atoms with E-state index in [-0.39, 0.29) is 18.5 Å². The van der Waals surface area contributed by atoms with Gasteiger partial charge in [0, 0.05) is 12.8 Å². The van der Waals surface area contributed by atoms with Crippen LogP contribution in [0.2, 0.25) is 0 Å². The third-order valence-electron chi connectivity index (χ3n) is 17.2. The standard InChI is InChI=1S/C74H143NO5/c1-3-5-7-9-11-13-15-17-18-19-37-40-44-48-52-56-60-64-68-74(79)80-69-65-61-57-53-49-45-41-38-35-33-31-29-27-25-23-21-20-22-24-26-28-30-32-34-36-39-43-47-51-55-59-63-67-73(78)75-71(70-76)72(77)66-62-58-54-50-46-42-16-14-12-10-8-6-4-2/h18-19,62,66,71-72,76-77H,3-17,20-61,63-65,67-70H2,1-2H3,(H,75,78)/b19-18-,66-62+. The number of rotatable bonds is 69. The SMILES string of the molecule is CCCCCCCCC/C=C\CCCCCCCCCC(=O)OCCCCCCCCCCCCCCCCCCCCCCCCCCCCCCCCCCC(=O)NC(CO)C(O)/C=C/CCCCCCCCCCCCC. The third-order valence-corrected chi connectivity index (χ3v) is 17.2. The van der Waals surface area contributed by atoms with Crippen LogP contribution in [0.25, 0.3) is 0 Å². The molecule has 1 amide bonds. The van der Waals surface area contributed by atoms with Crippen molar-refractivity contribution >= 4 is 11.9 Å². The van der Waals surface area contributed by atoms with Crippen molar-refractivity contribution in [3.8, 4) is 0 Å². The van der Waals surface area contributed by atoms with Gasteiger partial charge in [0.15, 0.2) is 0 Å². The highest BCUT2D eigenvalue weighted by Gasteiger charge is 2.18. The summed E-state index contributed by atoms with van der Waals surface area (Å²) >= 11 is 0. The lowest BCUT2D eigenvalue weighted by atomic mass is 10.0. The van der Waals surface area contributed by atoms with E-state index < -0.39 is 12.1 Å². The van der Waals surface area contributed by atoms with Crippen LogP contribution in [-0.2, 0) is 14.3 Å². The maximum absolute atomic E-state index is 12.5. The van der Waals surface area contributed by atoms with Crippen LogP contribution >= 0.6 is 0 Å². The first kappa shape index (κ1) is 78.3. The van der Waals surface area contributed by atoms with E-state index in [1.54, 1.807) is 6.08 Å². The highest BCUT2D eigenvalue weighted by molar-refractivity contribution is 5.76. The molecule has 3 N–H and O–H groups in total. The van der Waals surface area contributed by atoms with Crippen LogP contribution in [0.5, 0.6) is 0 Å². The highest BCUT2D eigenvalue weighted by atomic mass is 16.5. The molecule has 0 saturated heterocycles. The van der Waals surface area contributed by atoms with Gasteiger partial charge in [0.1, 0.15) is 0 Å². The van der Waals surface area contributed by atoms with Crippen molar-refractivity contribution in [3.63, 3.8) is 0 Å². The number of carbonyl (C=O) groups is 2. The van der Waals surface area contributed by atoms with Crippen LogP contribution in [0.3, 0.4) is 0 Å². The quantitative estimate of drug-likeness (QED) is 0.0320. The van der Waals surface area contributed by atoms with Gasteiger partial charge in [-0.2, -0.15) is 0 Å². The molecule has 0 spiro atoms. The van der Waals surface area contributed by atoms with Crippen LogP contribution in [0, 0.1) is 0 Å². The van der Waals surface area contributed by atoms with Crippen LogP contribution in [0.1, 0.15) is 412 Å². The zero-order chi connectivity index (χ0) is 57.8. The largest absolute Gasteiger partial charge is 0.466 e. The van der Waals surface area contributed by atoms with E-state index in [1.807, 2.05) is 6.08 Å². The number of aliphatic hydroxyl groups is 2. The van der Waals surface area contributed by atoms with E-state index in [0.717, 1.165) is 44.9 Å². The molecule has 0 radical (unpaired) electrons. The molecular weight excluding hydrogens is 983 g/mol. The predicted molar refractivity (Wildman–Crippen MR) is 352 cm³/mol. The Morgan fingerprint density at radius 2 is 0.588 bits per heavy atom. The number of unbranched alkanes of at least 4 members (excludes halogenated alkanes) is 56. The van der Waals surface area contributed by atoms with E-state index in [9.17, 15) is 19.8 Å². The lowest BCUT2D eigenvalue weighted by molar-refractivity contribution is -0.143. The summed E-state index contributed by atoms with van der Waals surface area (Å²) in [6.45, 7) is 4.93. The van der Waals surface area contributed by atoms with Gasteiger partial charge in [0.2, 0.25) is 5.91 Å².